The first-order valence-electron chi connectivity index (χ1n) is 4.70. The lowest BCUT2D eigenvalue weighted by Gasteiger charge is -2.06. The van der Waals surface area contributed by atoms with Crippen LogP contribution in [-0.2, 0) is 6.54 Å². The van der Waals surface area contributed by atoms with Gasteiger partial charge < -0.3 is 11.1 Å². The van der Waals surface area contributed by atoms with Crippen LogP contribution in [0.3, 0.4) is 0 Å². The van der Waals surface area contributed by atoms with E-state index in [-0.39, 0.29) is 0 Å². The molecule has 1 aromatic heterocycles. The smallest absolute Gasteiger partial charge is 0.143 e. The van der Waals surface area contributed by atoms with Crippen molar-refractivity contribution >= 4 is 11.4 Å². The molecule has 2 aromatic rings. The molecule has 0 spiro atoms. The van der Waals surface area contributed by atoms with Gasteiger partial charge in [-0.1, -0.05) is 6.07 Å². The van der Waals surface area contributed by atoms with Gasteiger partial charge in [0.1, 0.15) is 12.2 Å². The second-order valence-electron chi connectivity index (χ2n) is 3.36. The fourth-order valence-corrected chi connectivity index (χ4v) is 1.25. The Morgan fingerprint density at radius 3 is 3.00 bits per heavy atom. The molecule has 0 fully saturated rings. The zero-order valence-corrected chi connectivity index (χ0v) is 8.49. The van der Waals surface area contributed by atoms with Gasteiger partial charge in [-0.15, -0.1) is 0 Å². The van der Waals surface area contributed by atoms with E-state index in [1.807, 2.05) is 25.1 Å². The molecule has 78 valence electrons. The van der Waals surface area contributed by atoms with Crippen molar-refractivity contribution in [3.05, 3.63) is 35.9 Å². The quantitative estimate of drug-likeness (QED) is 0.657. The van der Waals surface area contributed by atoms with Gasteiger partial charge in [0.15, 0.2) is 0 Å². The first-order valence-corrected chi connectivity index (χ1v) is 4.70. The molecule has 0 bridgehead atoms. The van der Waals surface area contributed by atoms with E-state index in [0.717, 1.165) is 22.8 Å². The zero-order chi connectivity index (χ0) is 10.7. The monoisotopic (exact) mass is 203 g/mol. The Balaban J connectivity index is 2.02. The molecule has 1 heterocycles. The lowest BCUT2D eigenvalue weighted by molar-refractivity contribution is 0.955. The molecule has 0 radical (unpaired) electrons. The van der Waals surface area contributed by atoms with Crippen molar-refractivity contribution in [2.24, 2.45) is 0 Å². The van der Waals surface area contributed by atoms with Crippen molar-refractivity contribution in [1.29, 1.82) is 0 Å². The summed E-state index contributed by atoms with van der Waals surface area (Å²) in [5, 5.41) is 9.75. The Kier molecular flexibility index (Phi) is 2.53. The molecule has 5 nitrogen and oxygen atoms in total. The molecule has 0 saturated heterocycles. The van der Waals surface area contributed by atoms with Crippen LogP contribution in [0.15, 0.2) is 24.5 Å². The summed E-state index contributed by atoms with van der Waals surface area (Å²) in [4.78, 5) is 4.01. The largest absolute Gasteiger partial charge is 0.398 e. The highest BCUT2D eigenvalue weighted by atomic mass is 15.2. The average molecular weight is 203 g/mol. The van der Waals surface area contributed by atoms with Crippen molar-refractivity contribution in [3.8, 4) is 0 Å². The SMILES string of the molecule is Cc1ccc(NCc2ncn[nH]2)cc1N. The van der Waals surface area contributed by atoms with E-state index in [0.29, 0.717) is 6.54 Å². The number of hydrogen-bond donors (Lipinski definition) is 3. The van der Waals surface area contributed by atoms with Crippen molar-refractivity contribution in [2.75, 3.05) is 11.1 Å². The maximum absolute atomic E-state index is 5.79. The summed E-state index contributed by atoms with van der Waals surface area (Å²) in [6.45, 7) is 2.60. The third kappa shape index (κ3) is 2.25. The van der Waals surface area contributed by atoms with Crippen molar-refractivity contribution in [3.63, 3.8) is 0 Å². The third-order valence-electron chi connectivity index (χ3n) is 2.20. The predicted octanol–water partition coefficient (Wildman–Crippen LogP) is 1.31. The van der Waals surface area contributed by atoms with Crippen LogP contribution in [-0.4, -0.2) is 15.2 Å². The van der Waals surface area contributed by atoms with Gasteiger partial charge in [-0.2, -0.15) is 5.10 Å². The molecule has 4 N–H and O–H groups in total. The van der Waals surface area contributed by atoms with Crippen LogP contribution in [0.4, 0.5) is 11.4 Å². The summed E-state index contributed by atoms with van der Waals surface area (Å²) in [7, 11) is 0. The van der Waals surface area contributed by atoms with E-state index in [1.54, 1.807) is 0 Å². The fourth-order valence-electron chi connectivity index (χ4n) is 1.25. The van der Waals surface area contributed by atoms with Gasteiger partial charge >= 0.3 is 0 Å². The summed E-state index contributed by atoms with van der Waals surface area (Å²) in [6, 6.07) is 5.88. The first kappa shape index (κ1) is 9.51. The van der Waals surface area contributed by atoms with Gasteiger partial charge in [-0.3, -0.25) is 5.10 Å². The maximum atomic E-state index is 5.79. The van der Waals surface area contributed by atoms with E-state index < -0.39 is 0 Å². The van der Waals surface area contributed by atoms with Crippen molar-refractivity contribution in [1.82, 2.24) is 15.2 Å². The molecule has 15 heavy (non-hydrogen) atoms. The first-order chi connectivity index (χ1) is 7.25. The van der Waals surface area contributed by atoms with Crippen LogP contribution in [0.5, 0.6) is 0 Å². The Morgan fingerprint density at radius 1 is 1.47 bits per heavy atom. The molecule has 0 unspecified atom stereocenters. The van der Waals surface area contributed by atoms with Crippen LogP contribution in [0, 0.1) is 6.92 Å². The van der Waals surface area contributed by atoms with Gasteiger partial charge in [0, 0.05) is 11.4 Å². The number of nitrogens with two attached hydrogens (primary N) is 1. The van der Waals surface area contributed by atoms with Crippen LogP contribution >= 0.6 is 0 Å². The normalized spacial score (nSPS) is 10.2. The van der Waals surface area contributed by atoms with E-state index in [1.165, 1.54) is 6.33 Å². The number of nitrogens with zero attached hydrogens (tertiary/aromatic N) is 2. The minimum atomic E-state index is 0.614. The van der Waals surface area contributed by atoms with Gasteiger partial charge in [-0.05, 0) is 24.6 Å². The van der Waals surface area contributed by atoms with E-state index >= 15 is 0 Å². The molecule has 0 amide bonds. The average Bonchev–Trinajstić information content (AvgIpc) is 2.73. The highest BCUT2D eigenvalue weighted by molar-refractivity contribution is 5.58. The van der Waals surface area contributed by atoms with Crippen LogP contribution in [0.1, 0.15) is 11.4 Å². The number of aromatic amines is 1. The van der Waals surface area contributed by atoms with Gasteiger partial charge in [-0.25, -0.2) is 4.98 Å². The number of rotatable bonds is 3. The van der Waals surface area contributed by atoms with Gasteiger partial charge in [0.05, 0.1) is 6.54 Å². The van der Waals surface area contributed by atoms with E-state index in [2.05, 4.69) is 20.5 Å². The zero-order valence-electron chi connectivity index (χ0n) is 8.49. The number of H-pyrrole nitrogens is 1. The number of nitrogens with one attached hydrogen (secondary N) is 2. The highest BCUT2D eigenvalue weighted by Gasteiger charge is 1.98. The molecular formula is C10H13N5. The lowest BCUT2D eigenvalue weighted by Crippen LogP contribution is -2.02. The molecule has 0 aliphatic rings. The number of benzene rings is 1. The third-order valence-corrected chi connectivity index (χ3v) is 2.20. The van der Waals surface area contributed by atoms with E-state index in [4.69, 9.17) is 5.73 Å². The molecule has 0 aliphatic heterocycles. The summed E-state index contributed by atoms with van der Waals surface area (Å²) in [5.41, 5.74) is 8.65. The number of nitrogen functional groups attached to an aromatic ring is 1. The minimum Gasteiger partial charge on any atom is -0.398 e. The Hall–Kier alpha value is -2.04. The second-order valence-corrected chi connectivity index (χ2v) is 3.36. The number of aryl methyl sites for hydroxylation is 1. The minimum absolute atomic E-state index is 0.614. The molecule has 0 aliphatic carbocycles. The lowest BCUT2D eigenvalue weighted by atomic mass is 10.2. The number of aromatic nitrogens is 3. The number of anilines is 2. The Labute approximate surface area is 87.7 Å². The summed E-state index contributed by atoms with van der Waals surface area (Å²) in [5.74, 6) is 0.800. The topological polar surface area (TPSA) is 79.6 Å². The standard InChI is InChI=1S/C10H13N5/c1-7-2-3-8(4-9(7)11)12-5-10-13-6-14-15-10/h2-4,6,12H,5,11H2,1H3,(H,13,14,15). The summed E-state index contributed by atoms with van der Waals surface area (Å²) < 4.78 is 0. The number of hydrogen-bond acceptors (Lipinski definition) is 4. The highest BCUT2D eigenvalue weighted by Crippen LogP contribution is 2.16. The molecule has 0 saturated carbocycles. The van der Waals surface area contributed by atoms with Crippen molar-refractivity contribution < 1.29 is 0 Å². The van der Waals surface area contributed by atoms with Crippen LogP contribution in [0.2, 0.25) is 0 Å². The van der Waals surface area contributed by atoms with Gasteiger partial charge in [0.2, 0.25) is 0 Å². The predicted molar refractivity (Wildman–Crippen MR) is 59.3 cm³/mol. The second kappa shape index (κ2) is 4.00. The van der Waals surface area contributed by atoms with Crippen molar-refractivity contribution in [2.45, 2.75) is 13.5 Å². The summed E-state index contributed by atoms with van der Waals surface area (Å²) >= 11 is 0. The molecule has 2 rings (SSSR count). The Bertz CT molecular complexity index is 435. The molecule has 5 heteroatoms. The fraction of sp³-hybridized carbons (Fsp3) is 0.200. The molecule has 1 aromatic carbocycles. The molecule has 0 atom stereocenters. The van der Waals surface area contributed by atoms with Crippen LogP contribution in [0.25, 0.3) is 0 Å². The van der Waals surface area contributed by atoms with Gasteiger partial charge in [0.25, 0.3) is 0 Å². The van der Waals surface area contributed by atoms with E-state index in [9.17, 15) is 0 Å². The Morgan fingerprint density at radius 2 is 2.33 bits per heavy atom. The summed E-state index contributed by atoms with van der Waals surface area (Å²) in [6.07, 6.45) is 1.49. The molecular weight excluding hydrogens is 190 g/mol. The maximum Gasteiger partial charge on any atom is 0.143 e. The van der Waals surface area contributed by atoms with Crippen LogP contribution < -0.4 is 11.1 Å².